The molecule has 0 aromatic carbocycles. The van der Waals surface area contributed by atoms with Crippen molar-refractivity contribution in [1.82, 2.24) is 14.9 Å². The first-order chi connectivity index (χ1) is 13.7. The molecular formula is C20H18N4O3S. The Morgan fingerprint density at radius 2 is 2.11 bits per heavy atom. The van der Waals surface area contributed by atoms with Gasteiger partial charge in [-0.15, -0.1) is 11.3 Å². The number of Topliss-reactive ketones (excluding diaryl/α,β-unsaturated/α-hetero) is 1. The van der Waals surface area contributed by atoms with Gasteiger partial charge in [-0.1, -0.05) is 11.8 Å². The highest BCUT2D eigenvalue weighted by atomic mass is 32.1. The van der Waals surface area contributed by atoms with Crippen molar-refractivity contribution >= 4 is 28.8 Å². The minimum Gasteiger partial charge on any atom is -0.872 e. The van der Waals surface area contributed by atoms with E-state index in [1.54, 1.807) is 12.1 Å². The zero-order valence-corrected chi connectivity index (χ0v) is 15.8. The highest BCUT2D eigenvalue weighted by Crippen LogP contribution is 2.40. The smallest absolute Gasteiger partial charge is 0.295 e. The van der Waals surface area contributed by atoms with Gasteiger partial charge < -0.3 is 10.0 Å². The number of aromatic amines is 1. The minimum absolute atomic E-state index is 0.0212. The van der Waals surface area contributed by atoms with Crippen molar-refractivity contribution < 1.29 is 19.3 Å². The summed E-state index contributed by atoms with van der Waals surface area (Å²) in [6.07, 6.45) is 9.22. The number of nitrogens with one attached hydrogen (secondary N) is 1. The first-order valence-electron chi connectivity index (χ1n) is 8.89. The quantitative estimate of drug-likeness (QED) is 0.293. The number of amides is 1. The Morgan fingerprint density at radius 1 is 1.29 bits per heavy atom. The van der Waals surface area contributed by atoms with Gasteiger partial charge in [0.15, 0.2) is 0 Å². The standard InChI is InChI=1S/C20H18N4O3S/c25-18(14-4-6-21-7-5-14)16-17(15-3-1-12-28-15)24(20(27)19(16)26)10-2-9-23-11-8-22-13-23/h1,3-8,11-13,17H,2,9-10H2,(H,25,26). The molecule has 3 aromatic heterocycles. The summed E-state index contributed by atoms with van der Waals surface area (Å²) >= 11 is 1.43. The molecule has 4 rings (SSSR count). The lowest BCUT2D eigenvalue weighted by Gasteiger charge is -2.26. The predicted octanol–water partition coefficient (Wildman–Crippen LogP) is 1.07. The van der Waals surface area contributed by atoms with E-state index in [-0.39, 0.29) is 5.57 Å². The molecule has 4 heterocycles. The summed E-state index contributed by atoms with van der Waals surface area (Å²) in [4.78, 5) is 34.7. The molecule has 1 N–H and O–H groups in total. The van der Waals surface area contributed by atoms with Gasteiger partial charge in [-0.25, -0.2) is 4.57 Å². The van der Waals surface area contributed by atoms with E-state index in [4.69, 9.17) is 0 Å². The van der Waals surface area contributed by atoms with Gasteiger partial charge in [0, 0.05) is 35.8 Å². The van der Waals surface area contributed by atoms with Crippen molar-refractivity contribution in [3.63, 3.8) is 0 Å². The molecule has 1 saturated heterocycles. The van der Waals surface area contributed by atoms with E-state index in [0.29, 0.717) is 25.1 Å². The summed E-state index contributed by atoms with van der Waals surface area (Å²) in [5.41, 5.74) is 0.380. The number of rotatable bonds is 6. The molecule has 0 bridgehead atoms. The van der Waals surface area contributed by atoms with Crippen LogP contribution in [0.3, 0.4) is 0 Å². The van der Waals surface area contributed by atoms with Gasteiger partial charge in [0.25, 0.3) is 5.91 Å². The summed E-state index contributed by atoms with van der Waals surface area (Å²) in [6.45, 7) is 1.09. The number of hydrogen-bond acceptors (Lipinski definition) is 5. The van der Waals surface area contributed by atoms with E-state index in [1.165, 1.54) is 28.6 Å². The average molecular weight is 394 g/mol. The molecule has 8 heteroatoms. The van der Waals surface area contributed by atoms with E-state index in [1.807, 2.05) is 40.8 Å². The zero-order valence-electron chi connectivity index (χ0n) is 14.9. The number of thiophene rings is 1. The predicted molar refractivity (Wildman–Crippen MR) is 101 cm³/mol. The fourth-order valence-corrected chi connectivity index (χ4v) is 4.23. The maximum absolute atomic E-state index is 13.0. The van der Waals surface area contributed by atoms with Crippen LogP contribution in [0.2, 0.25) is 0 Å². The van der Waals surface area contributed by atoms with Crippen molar-refractivity contribution in [2.24, 2.45) is 0 Å². The van der Waals surface area contributed by atoms with Crippen molar-refractivity contribution in [2.45, 2.75) is 19.0 Å². The number of aryl methyl sites for hydroxylation is 1. The molecule has 0 radical (unpaired) electrons. The lowest BCUT2D eigenvalue weighted by atomic mass is 10.0. The number of aromatic nitrogens is 3. The van der Waals surface area contributed by atoms with E-state index in [2.05, 4.69) is 9.97 Å². The van der Waals surface area contributed by atoms with Crippen LogP contribution in [0.5, 0.6) is 0 Å². The normalized spacial score (nSPS) is 18.7. The van der Waals surface area contributed by atoms with Gasteiger partial charge in [0.2, 0.25) is 12.1 Å². The maximum atomic E-state index is 13.0. The average Bonchev–Trinajstić information content (AvgIpc) is 3.46. The third-order valence-electron chi connectivity index (χ3n) is 4.70. The first kappa shape index (κ1) is 18.1. The van der Waals surface area contributed by atoms with E-state index < -0.39 is 23.5 Å². The van der Waals surface area contributed by atoms with Crippen LogP contribution in [0.25, 0.3) is 5.76 Å². The van der Waals surface area contributed by atoms with Gasteiger partial charge in [0.05, 0.1) is 12.6 Å². The van der Waals surface area contributed by atoms with E-state index in [9.17, 15) is 14.7 Å². The summed E-state index contributed by atoms with van der Waals surface area (Å²) in [5, 5.41) is 14.9. The molecule has 1 aliphatic rings. The summed E-state index contributed by atoms with van der Waals surface area (Å²) in [5.74, 6) is -1.74. The third-order valence-corrected chi connectivity index (χ3v) is 5.63. The van der Waals surface area contributed by atoms with Gasteiger partial charge in [0.1, 0.15) is 12.4 Å². The molecule has 142 valence electrons. The Labute approximate surface area is 165 Å². The second kappa shape index (κ2) is 7.77. The van der Waals surface area contributed by atoms with Gasteiger partial charge in [-0.05, 0) is 29.1 Å². The Balaban J connectivity index is 1.68. The van der Waals surface area contributed by atoms with Crippen molar-refractivity contribution in [3.8, 4) is 0 Å². The summed E-state index contributed by atoms with van der Waals surface area (Å²) in [6, 6.07) is 6.19. The number of carbonyl (C=O) groups excluding carboxylic acids is 2. The van der Waals surface area contributed by atoms with Crippen LogP contribution in [0.1, 0.15) is 22.9 Å². The molecule has 1 unspecified atom stereocenters. The van der Waals surface area contributed by atoms with Gasteiger partial charge >= 0.3 is 0 Å². The van der Waals surface area contributed by atoms with Gasteiger partial charge in [-0.2, -0.15) is 0 Å². The second-order valence-electron chi connectivity index (χ2n) is 6.43. The second-order valence-corrected chi connectivity index (χ2v) is 7.41. The molecule has 1 aliphatic heterocycles. The van der Waals surface area contributed by atoms with Crippen LogP contribution < -0.4 is 9.67 Å². The van der Waals surface area contributed by atoms with E-state index >= 15 is 0 Å². The molecule has 0 saturated carbocycles. The number of ketones is 1. The van der Waals surface area contributed by atoms with Crippen molar-refractivity contribution in [1.29, 1.82) is 0 Å². The van der Waals surface area contributed by atoms with Crippen molar-refractivity contribution in [2.75, 3.05) is 6.54 Å². The molecule has 1 amide bonds. The number of hydrogen-bond donors (Lipinski definition) is 1. The van der Waals surface area contributed by atoms with E-state index in [0.717, 1.165) is 4.88 Å². The SMILES string of the molecule is O=C1C(=O)N(CCC[n+]2cc[nH]c2)C(c2cccs2)C1=C([O-])c1ccncc1. The Kier molecular flexibility index (Phi) is 5.03. The fraction of sp³-hybridized carbons (Fsp3) is 0.200. The number of H-pyrrole nitrogens is 1. The van der Waals surface area contributed by atoms with Crippen LogP contribution in [0.4, 0.5) is 0 Å². The third kappa shape index (κ3) is 3.34. The highest BCUT2D eigenvalue weighted by Gasteiger charge is 2.44. The number of nitrogens with zero attached hydrogens (tertiary/aromatic N) is 3. The number of imidazole rings is 1. The lowest BCUT2D eigenvalue weighted by molar-refractivity contribution is -0.695. The Morgan fingerprint density at radius 3 is 2.79 bits per heavy atom. The zero-order chi connectivity index (χ0) is 19.5. The molecule has 1 fully saturated rings. The molecule has 1 atom stereocenters. The molecule has 0 aliphatic carbocycles. The number of carbonyl (C=O) groups is 2. The molecule has 7 nitrogen and oxygen atoms in total. The van der Waals surface area contributed by atoms with Crippen LogP contribution in [0, 0.1) is 0 Å². The maximum Gasteiger partial charge on any atom is 0.295 e. The Bertz CT molecular complexity index is 998. The number of pyridine rings is 1. The molecular weight excluding hydrogens is 376 g/mol. The summed E-state index contributed by atoms with van der Waals surface area (Å²) in [7, 11) is 0. The molecule has 3 aromatic rings. The largest absolute Gasteiger partial charge is 0.872 e. The van der Waals surface area contributed by atoms with Crippen molar-refractivity contribution in [3.05, 3.63) is 76.8 Å². The summed E-state index contributed by atoms with van der Waals surface area (Å²) < 4.78 is 1.97. The van der Waals surface area contributed by atoms with Crippen LogP contribution in [-0.2, 0) is 16.1 Å². The minimum atomic E-state index is -0.713. The van der Waals surface area contributed by atoms with Gasteiger partial charge in [-0.3, -0.25) is 19.6 Å². The topological polar surface area (TPSA) is 93.0 Å². The highest BCUT2D eigenvalue weighted by molar-refractivity contribution is 7.10. The first-order valence-corrected chi connectivity index (χ1v) is 9.77. The fourth-order valence-electron chi connectivity index (χ4n) is 3.39. The molecule has 0 spiro atoms. The van der Waals surface area contributed by atoms with Crippen LogP contribution in [0.15, 0.2) is 66.3 Å². The monoisotopic (exact) mass is 394 g/mol. The molecule has 28 heavy (non-hydrogen) atoms. The number of likely N-dealkylation sites (tertiary alicyclic amines) is 1. The Hall–Kier alpha value is -3.26. The van der Waals surface area contributed by atoms with Crippen LogP contribution >= 0.6 is 11.3 Å². The van der Waals surface area contributed by atoms with Crippen LogP contribution in [-0.4, -0.2) is 33.1 Å². The lowest BCUT2D eigenvalue weighted by Crippen LogP contribution is -2.35.